The van der Waals surface area contributed by atoms with Crippen LogP contribution in [0.3, 0.4) is 0 Å². The first-order valence-corrected chi connectivity index (χ1v) is 10.1. The van der Waals surface area contributed by atoms with Crippen LogP contribution >= 0.6 is 11.8 Å². The summed E-state index contributed by atoms with van der Waals surface area (Å²) in [6.45, 7) is 4.16. The molecule has 8 heteroatoms. The number of methoxy groups -OCH3 is 2. The first kappa shape index (κ1) is 21.0. The maximum Gasteiger partial charge on any atom is 0.276 e. The van der Waals surface area contributed by atoms with Gasteiger partial charge in [-0.25, -0.2) is 0 Å². The van der Waals surface area contributed by atoms with Crippen LogP contribution < -0.4 is 14.2 Å². The van der Waals surface area contributed by atoms with E-state index in [1.807, 2.05) is 38.1 Å². The smallest absolute Gasteiger partial charge is 0.276 e. The van der Waals surface area contributed by atoms with Gasteiger partial charge in [0, 0.05) is 11.3 Å². The van der Waals surface area contributed by atoms with E-state index in [-0.39, 0.29) is 6.61 Å². The number of hydrogen-bond acceptors (Lipinski definition) is 8. The molecule has 29 heavy (non-hydrogen) atoms. The number of rotatable bonds is 9. The molecule has 1 atom stereocenters. The van der Waals surface area contributed by atoms with Crippen LogP contribution in [0.2, 0.25) is 0 Å². The molecule has 1 N–H and O–H groups in total. The van der Waals surface area contributed by atoms with Crippen molar-refractivity contribution in [1.29, 1.82) is 0 Å². The molecule has 3 aromatic rings. The molecule has 154 valence electrons. The largest absolute Gasteiger partial charge is 0.493 e. The summed E-state index contributed by atoms with van der Waals surface area (Å²) >= 11 is 1.28. The van der Waals surface area contributed by atoms with Crippen molar-refractivity contribution >= 4 is 11.8 Å². The Kier molecular flexibility index (Phi) is 7.00. The zero-order chi connectivity index (χ0) is 20.8. The molecular formula is C21H24N2O5S. The maximum absolute atomic E-state index is 10.2. The van der Waals surface area contributed by atoms with Gasteiger partial charge in [0.2, 0.25) is 5.89 Å². The second-order valence-corrected chi connectivity index (χ2v) is 7.41. The van der Waals surface area contributed by atoms with Crippen molar-refractivity contribution in [1.82, 2.24) is 10.2 Å². The molecule has 1 heterocycles. The van der Waals surface area contributed by atoms with Crippen molar-refractivity contribution in [3.8, 4) is 28.7 Å². The van der Waals surface area contributed by atoms with Crippen LogP contribution in [0.15, 0.2) is 46.0 Å². The van der Waals surface area contributed by atoms with Crippen LogP contribution in [0.5, 0.6) is 17.2 Å². The van der Waals surface area contributed by atoms with Gasteiger partial charge in [0.25, 0.3) is 5.22 Å². The number of hydrogen-bond donors (Lipinski definition) is 1. The molecule has 1 aromatic heterocycles. The van der Waals surface area contributed by atoms with Crippen molar-refractivity contribution in [3.63, 3.8) is 0 Å². The van der Waals surface area contributed by atoms with E-state index in [2.05, 4.69) is 10.2 Å². The highest BCUT2D eigenvalue weighted by atomic mass is 32.2. The second kappa shape index (κ2) is 9.67. The molecule has 0 aliphatic rings. The number of aliphatic hydroxyl groups excluding tert-OH is 1. The normalized spacial score (nSPS) is 11.9. The van der Waals surface area contributed by atoms with E-state index in [0.29, 0.717) is 28.4 Å². The molecular weight excluding hydrogens is 392 g/mol. The van der Waals surface area contributed by atoms with Gasteiger partial charge in [-0.2, -0.15) is 0 Å². The van der Waals surface area contributed by atoms with E-state index in [4.69, 9.17) is 18.6 Å². The lowest BCUT2D eigenvalue weighted by Gasteiger charge is -2.14. The SMILES string of the molecule is COc1ccc(-c2nnc(SC[C@H](O)COc3c(C)cccc3C)o2)cc1OC. The van der Waals surface area contributed by atoms with E-state index < -0.39 is 6.10 Å². The van der Waals surface area contributed by atoms with Gasteiger partial charge in [0.1, 0.15) is 12.4 Å². The third-order valence-electron chi connectivity index (χ3n) is 4.26. The molecule has 2 aromatic carbocycles. The van der Waals surface area contributed by atoms with E-state index >= 15 is 0 Å². The van der Waals surface area contributed by atoms with Crippen molar-refractivity contribution in [2.75, 3.05) is 26.6 Å². The summed E-state index contributed by atoms with van der Waals surface area (Å²) < 4.78 is 22.0. The van der Waals surface area contributed by atoms with E-state index in [1.165, 1.54) is 11.8 Å². The molecule has 0 spiro atoms. The highest BCUT2D eigenvalue weighted by Gasteiger charge is 2.15. The Morgan fingerprint density at radius 3 is 2.45 bits per heavy atom. The van der Waals surface area contributed by atoms with Crippen LogP contribution in [-0.2, 0) is 0 Å². The van der Waals surface area contributed by atoms with Crippen LogP contribution in [0, 0.1) is 13.8 Å². The van der Waals surface area contributed by atoms with Crippen molar-refractivity contribution in [2.45, 2.75) is 25.2 Å². The Bertz CT molecular complexity index is 940. The molecule has 0 amide bonds. The predicted octanol–water partition coefficient (Wildman–Crippen LogP) is 3.90. The maximum atomic E-state index is 10.2. The summed E-state index contributed by atoms with van der Waals surface area (Å²) in [5, 5.41) is 18.7. The molecule has 3 rings (SSSR count). The Morgan fingerprint density at radius 1 is 1.03 bits per heavy atom. The van der Waals surface area contributed by atoms with Crippen LogP contribution in [0.4, 0.5) is 0 Å². The standard InChI is InChI=1S/C21H24N2O5S/c1-13-6-5-7-14(2)19(13)27-11-16(24)12-29-21-23-22-20(28-21)15-8-9-17(25-3)18(10-15)26-4/h5-10,16,24H,11-12H2,1-4H3/t16-/m1/s1. The lowest BCUT2D eigenvalue weighted by atomic mass is 10.1. The molecule has 0 unspecified atom stereocenters. The van der Waals surface area contributed by atoms with Crippen LogP contribution in [-0.4, -0.2) is 48.0 Å². The predicted molar refractivity (Wildman–Crippen MR) is 111 cm³/mol. The number of ether oxygens (including phenoxy) is 3. The number of aryl methyl sites for hydroxylation is 2. The van der Waals surface area contributed by atoms with Gasteiger partial charge in [-0.15, -0.1) is 10.2 Å². The molecule has 0 saturated carbocycles. The minimum absolute atomic E-state index is 0.190. The Hall–Kier alpha value is -2.71. The van der Waals surface area contributed by atoms with Gasteiger partial charge in [-0.1, -0.05) is 30.0 Å². The van der Waals surface area contributed by atoms with Crippen molar-refractivity contribution in [2.24, 2.45) is 0 Å². The van der Waals surface area contributed by atoms with Crippen LogP contribution in [0.25, 0.3) is 11.5 Å². The topological polar surface area (TPSA) is 86.8 Å². The molecule has 0 aliphatic heterocycles. The number of benzene rings is 2. The summed E-state index contributed by atoms with van der Waals surface area (Å²) in [7, 11) is 3.15. The first-order valence-electron chi connectivity index (χ1n) is 9.07. The second-order valence-electron chi connectivity index (χ2n) is 6.44. The fraction of sp³-hybridized carbons (Fsp3) is 0.333. The summed E-state index contributed by atoms with van der Waals surface area (Å²) in [4.78, 5) is 0. The summed E-state index contributed by atoms with van der Waals surface area (Å²) in [5.74, 6) is 2.76. The number of aromatic nitrogens is 2. The van der Waals surface area contributed by atoms with Gasteiger partial charge in [0.05, 0.1) is 20.3 Å². The average molecular weight is 416 g/mol. The minimum Gasteiger partial charge on any atom is -0.493 e. The number of para-hydroxylation sites is 1. The number of thioether (sulfide) groups is 1. The quantitative estimate of drug-likeness (QED) is 0.526. The Labute approximate surface area is 174 Å². The third-order valence-corrected chi connectivity index (χ3v) is 5.23. The van der Waals surface area contributed by atoms with Crippen molar-refractivity contribution in [3.05, 3.63) is 47.5 Å². The minimum atomic E-state index is -0.671. The van der Waals surface area contributed by atoms with E-state index in [0.717, 1.165) is 22.4 Å². The van der Waals surface area contributed by atoms with Gasteiger partial charge >= 0.3 is 0 Å². The fourth-order valence-corrected chi connectivity index (χ4v) is 3.44. The summed E-state index contributed by atoms with van der Waals surface area (Å²) in [5.41, 5.74) is 2.81. The monoisotopic (exact) mass is 416 g/mol. The molecule has 0 aliphatic carbocycles. The number of nitrogens with zero attached hydrogens (tertiary/aromatic N) is 2. The van der Waals surface area contributed by atoms with E-state index in [9.17, 15) is 5.11 Å². The lowest BCUT2D eigenvalue weighted by molar-refractivity contribution is 0.125. The molecule has 0 radical (unpaired) electrons. The summed E-state index contributed by atoms with van der Waals surface area (Å²) in [6, 6.07) is 11.3. The van der Waals surface area contributed by atoms with Gasteiger partial charge in [-0.05, 0) is 43.2 Å². The Balaban J connectivity index is 1.56. The Morgan fingerprint density at radius 2 is 1.76 bits per heavy atom. The lowest BCUT2D eigenvalue weighted by Crippen LogP contribution is -2.20. The van der Waals surface area contributed by atoms with E-state index in [1.54, 1.807) is 26.4 Å². The molecule has 0 fully saturated rings. The van der Waals surface area contributed by atoms with Crippen LogP contribution in [0.1, 0.15) is 11.1 Å². The third kappa shape index (κ3) is 5.21. The van der Waals surface area contributed by atoms with Gasteiger partial charge in [-0.3, -0.25) is 0 Å². The fourth-order valence-electron chi connectivity index (χ4n) is 2.78. The molecule has 7 nitrogen and oxygen atoms in total. The summed E-state index contributed by atoms with van der Waals surface area (Å²) in [6.07, 6.45) is -0.671. The highest BCUT2D eigenvalue weighted by molar-refractivity contribution is 7.99. The molecule has 0 saturated heterocycles. The van der Waals surface area contributed by atoms with Gasteiger partial charge in [0.15, 0.2) is 11.5 Å². The van der Waals surface area contributed by atoms with Gasteiger partial charge < -0.3 is 23.7 Å². The molecule has 0 bridgehead atoms. The number of aliphatic hydroxyl groups is 1. The first-order chi connectivity index (χ1) is 14.0. The highest BCUT2D eigenvalue weighted by Crippen LogP contribution is 2.32. The zero-order valence-corrected chi connectivity index (χ0v) is 17.7. The average Bonchev–Trinajstić information content (AvgIpc) is 3.20. The zero-order valence-electron chi connectivity index (χ0n) is 16.8. The van der Waals surface area contributed by atoms with Crippen molar-refractivity contribution < 1.29 is 23.7 Å².